The molecule has 0 heterocycles. The lowest BCUT2D eigenvalue weighted by molar-refractivity contribution is 0.336. The second kappa shape index (κ2) is 6.21. The van der Waals surface area contributed by atoms with Crippen molar-refractivity contribution in [1.29, 1.82) is 0 Å². The largest absolute Gasteiger partial charge is 0.0925 e. The molecule has 0 saturated heterocycles. The second-order valence-corrected chi connectivity index (χ2v) is 3.55. The summed E-state index contributed by atoms with van der Waals surface area (Å²) in [5.41, 5.74) is 0. The third kappa shape index (κ3) is 3.05. The number of hydrogen-bond acceptors (Lipinski definition) is 0. The Labute approximate surface area is 73.5 Å². The highest BCUT2D eigenvalue weighted by atomic mass is 79.9. The van der Waals surface area contributed by atoms with E-state index in [4.69, 9.17) is 0 Å². The fourth-order valence-corrected chi connectivity index (χ4v) is 2.51. The molecule has 0 aliphatic carbocycles. The highest BCUT2D eigenvalue weighted by molar-refractivity contribution is 9.09. The highest BCUT2D eigenvalue weighted by Crippen LogP contribution is 2.23. The normalized spacial score (nSPS) is 14.1. The van der Waals surface area contributed by atoms with Crippen molar-refractivity contribution in [1.82, 2.24) is 0 Å². The van der Waals surface area contributed by atoms with Crippen molar-refractivity contribution >= 4 is 15.9 Å². The van der Waals surface area contributed by atoms with Crippen molar-refractivity contribution in [3.63, 3.8) is 0 Å². The van der Waals surface area contributed by atoms with Gasteiger partial charge in [-0.15, -0.1) is 0 Å². The molecule has 10 heavy (non-hydrogen) atoms. The minimum absolute atomic E-state index is 0.898. The summed E-state index contributed by atoms with van der Waals surface area (Å²) in [6.07, 6.45) is 3.98. The van der Waals surface area contributed by atoms with E-state index in [9.17, 15) is 0 Å². The third-order valence-corrected chi connectivity index (χ3v) is 3.27. The molecule has 1 unspecified atom stereocenters. The highest BCUT2D eigenvalue weighted by Gasteiger charge is 2.14. The molecular weight excluding hydrogens is 188 g/mol. The van der Waals surface area contributed by atoms with E-state index in [1.807, 2.05) is 0 Å². The molecule has 0 saturated carbocycles. The molecule has 0 nitrogen and oxygen atoms in total. The summed E-state index contributed by atoms with van der Waals surface area (Å²) in [6.45, 7) is 6.86. The number of rotatable bonds is 5. The van der Waals surface area contributed by atoms with Gasteiger partial charge < -0.3 is 0 Å². The van der Waals surface area contributed by atoms with Gasteiger partial charge in [-0.2, -0.15) is 0 Å². The molecular formula is C9H19Br. The van der Waals surface area contributed by atoms with Gasteiger partial charge in [0, 0.05) is 5.33 Å². The van der Waals surface area contributed by atoms with Crippen LogP contribution in [0.25, 0.3) is 0 Å². The zero-order chi connectivity index (χ0) is 7.98. The summed E-state index contributed by atoms with van der Waals surface area (Å²) in [5, 5.41) is 1.18. The van der Waals surface area contributed by atoms with Crippen molar-refractivity contribution in [3.8, 4) is 0 Å². The van der Waals surface area contributed by atoms with Crippen LogP contribution in [0.4, 0.5) is 0 Å². The van der Waals surface area contributed by atoms with Gasteiger partial charge in [0.2, 0.25) is 0 Å². The SMILES string of the molecule is CCC(CC)C(CC)CBr. The van der Waals surface area contributed by atoms with Crippen LogP contribution in [-0.2, 0) is 0 Å². The van der Waals surface area contributed by atoms with Crippen LogP contribution >= 0.6 is 15.9 Å². The van der Waals surface area contributed by atoms with Gasteiger partial charge in [-0.1, -0.05) is 56.0 Å². The van der Waals surface area contributed by atoms with Crippen molar-refractivity contribution in [2.24, 2.45) is 11.8 Å². The summed E-state index contributed by atoms with van der Waals surface area (Å²) < 4.78 is 0. The molecule has 0 bridgehead atoms. The van der Waals surface area contributed by atoms with Crippen molar-refractivity contribution < 1.29 is 0 Å². The predicted molar refractivity (Wildman–Crippen MR) is 51.6 cm³/mol. The summed E-state index contributed by atoms with van der Waals surface area (Å²) in [5.74, 6) is 1.83. The lowest BCUT2D eigenvalue weighted by Gasteiger charge is -2.21. The molecule has 0 aromatic carbocycles. The molecule has 0 aromatic heterocycles. The van der Waals surface area contributed by atoms with Crippen molar-refractivity contribution in [2.75, 3.05) is 5.33 Å². The van der Waals surface area contributed by atoms with Crippen LogP contribution in [0.2, 0.25) is 0 Å². The van der Waals surface area contributed by atoms with Gasteiger partial charge in [-0.25, -0.2) is 0 Å². The quantitative estimate of drug-likeness (QED) is 0.601. The first-order valence-electron chi connectivity index (χ1n) is 4.35. The average molecular weight is 207 g/mol. The average Bonchev–Trinajstić information content (AvgIpc) is 2.00. The van der Waals surface area contributed by atoms with Gasteiger partial charge in [0.15, 0.2) is 0 Å². The summed E-state index contributed by atoms with van der Waals surface area (Å²) in [6, 6.07) is 0. The van der Waals surface area contributed by atoms with Gasteiger partial charge in [-0.05, 0) is 11.8 Å². The lowest BCUT2D eigenvalue weighted by Crippen LogP contribution is -2.13. The maximum absolute atomic E-state index is 3.56. The van der Waals surface area contributed by atoms with Gasteiger partial charge >= 0.3 is 0 Å². The summed E-state index contributed by atoms with van der Waals surface area (Å²) >= 11 is 3.56. The number of alkyl halides is 1. The monoisotopic (exact) mass is 206 g/mol. The molecule has 1 heteroatoms. The Kier molecular flexibility index (Phi) is 6.50. The smallest absolute Gasteiger partial charge is 0.00622 e. The Bertz CT molecular complexity index is 53.1. The molecule has 0 fully saturated rings. The first kappa shape index (κ1) is 10.5. The van der Waals surface area contributed by atoms with Crippen LogP contribution in [0.15, 0.2) is 0 Å². The molecule has 0 N–H and O–H groups in total. The first-order chi connectivity index (χ1) is 4.79. The van der Waals surface area contributed by atoms with Crippen LogP contribution in [0.5, 0.6) is 0 Å². The van der Waals surface area contributed by atoms with Gasteiger partial charge in [0.1, 0.15) is 0 Å². The second-order valence-electron chi connectivity index (χ2n) is 2.90. The van der Waals surface area contributed by atoms with E-state index in [0.29, 0.717) is 0 Å². The molecule has 62 valence electrons. The predicted octanol–water partition coefficient (Wildman–Crippen LogP) is 3.84. The topological polar surface area (TPSA) is 0 Å². The Morgan fingerprint density at radius 3 is 1.40 bits per heavy atom. The van der Waals surface area contributed by atoms with Crippen LogP contribution in [0, 0.1) is 11.8 Å². The number of halogens is 1. The molecule has 0 amide bonds. The molecule has 0 aromatic rings. The molecule has 0 rings (SSSR count). The molecule has 1 atom stereocenters. The van der Waals surface area contributed by atoms with Crippen molar-refractivity contribution in [3.05, 3.63) is 0 Å². The van der Waals surface area contributed by atoms with E-state index < -0.39 is 0 Å². The fourth-order valence-electron chi connectivity index (χ4n) is 1.52. The van der Waals surface area contributed by atoms with Crippen LogP contribution < -0.4 is 0 Å². The minimum Gasteiger partial charge on any atom is -0.0925 e. The minimum atomic E-state index is 0.898. The zero-order valence-corrected chi connectivity index (χ0v) is 8.95. The van der Waals surface area contributed by atoms with Crippen LogP contribution in [0.3, 0.4) is 0 Å². The van der Waals surface area contributed by atoms with Crippen LogP contribution in [-0.4, -0.2) is 5.33 Å². The summed E-state index contributed by atoms with van der Waals surface area (Å²) in [4.78, 5) is 0. The van der Waals surface area contributed by atoms with Crippen molar-refractivity contribution in [2.45, 2.75) is 40.0 Å². The van der Waals surface area contributed by atoms with Gasteiger partial charge in [-0.3, -0.25) is 0 Å². The van der Waals surface area contributed by atoms with E-state index in [0.717, 1.165) is 11.8 Å². The number of hydrogen-bond donors (Lipinski definition) is 0. The maximum atomic E-state index is 3.56. The Hall–Kier alpha value is 0.480. The molecule has 0 spiro atoms. The van der Waals surface area contributed by atoms with E-state index in [2.05, 4.69) is 36.7 Å². The van der Waals surface area contributed by atoms with E-state index in [1.54, 1.807) is 0 Å². The molecule has 0 radical (unpaired) electrons. The lowest BCUT2D eigenvalue weighted by atomic mass is 9.88. The Morgan fingerprint density at radius 2 is 1.30 bits per heavy atom. The first-order valence-corrected chi connectivity index (χ1v) is 5.48. The summed E-state index contributed by atoms with van der Waals surface area (Å²) in [7, 11) is 0. The molecule has 0 aliphatic rings. The third-order valence-electron chi connectivity index (χ3n) is 2.44. The van der Waals surface area contributed by atoms with E-state index in [-0.39, 0.29) is 0 Å². The Balaban J connectivity index is 3.70. The Morgan fingerprint density at radius 1 is 0.900 bits per heavy atom. The molecule has 0 aliphatic heterocycles. The maximum Gasteiger partial charge on any atom is 0.00622 e. The zero-order valence-electron chi connectivity index (χ0n) is 7.36. The van der Waals surface area contributed by atoms with E-state index in [1.165, 1.54) is 24.6 Å². The van der Waals surface area contributed by atoms with E-state index >= 15 is 0 Å². The van der Waals surface area contributed by atoms with Gasteiger partial charge in [0.25, 0.3) is 0 Å². The standard InChI is InChI=1S/C9H19Br/c1-4-8(5-2)9(6-3)7-10/h8-9H,4-7H2,1-3H3. The fraction of sp³-hybridized carbons (Fsp3) is 1.00. The van der Waals surface area contributed by atoms with Crippen LogP contribution in [0.1, 0.15) is 40.0 Å². The van der Waals surface area contributed by atoms with Gasteiger partial charge in [0.05, 0.1) is 0 Å².